The molecule has 0 radical (unpaired) electrons. The lowest BCUT2D eigenvalue weighted by molar-refractivity contribution is -0.123. The van der Waals surface area contributed by atoms with Crippen LogP contribution in [0.3, 0.4) is 0 Å². The van der Waals surface area contributed by atoms with E-state index in [9.17, 15) is 4.79 Å². The molecule has 0 saturated carbocycles. The molecule has 1 aromatic heterocycles. The number of benzene rings is 1. The highest BCUT2D eigenvalue weighted by Gasteiger charge is 2.22. The largest absolute Gasteiger partial charge is 0.316 e. The maximum Gasteiger partial charge on any atom is 0.138 e. The van der Waals surface area contributed by atoms with Crippen molar-refractivity contribution >= 4 is 16.7 Å². The predicted octanol–water partition coefficient (Wildman–Crippen LogP) is 2.26. The SMILES string of the molecule is Cc1cc(CC2CNCCC2=O)c2ccccc2n1. The molecule has 19 heavy (non-hydrogen) atoms. The number of hydrogen-bond donors (Lipinski definition) is 1. The third kappa shape index (κ3) is 2.51. The number of fused-ring (bicyclic) bond motifs is 1. The lowest BCUT2D eigenvalue weighted by Gasteiger charge is -2.22. The second-order valence-corrected chi connectivity index (χ2v) is 5.26. The number of aromatic nitrogens is 1. The quantitative estimate of drug-likeness (QED) is 0.894. The summed E-state index contributed by atoms with van der Waals surface area (Å²) in [6.45, 7) is 3.64. The summed E-state index contributed by atoms with van der Waals surface area (Å²) in [7, 11) is 0. The second kappa shape index (κ2) is 5.10. The standard InChI is InChI=1S/C16H18N2O/c1-11-8-12(9-13-10-17-7-6-16(13)19)14-4-2-3-5-15(14)18-11/h2-5,8,13,17H,6-7,9-10H2,1H3. The number of hydrogen-bond acceptors (Lipinski definition) is 3. The van der Waals surface area contributed by atoms with E-state index in [4.69, 9.17) is 0 Å². The van der Waals surface area contributed by atoms with Crippen molar-refractivity contribution < 1.29 is 4.79 Å². The molecule has 3 heteroatoms. The summed E-state index contributed by atoms with van der Waals surface area (Å²) in [5.74, 6) is 0.497. The Balaban J connectivity index is 1.97. The van der Waals surface area contributed by atoms with Gasteiger partial charge in [0.2, 0.25) is 0 Å². The van der Waals surface area contributed by atoms with Gasteiger partial charge in [-0.2, -0.15) is 0 Å². The maximum atomic E-state index is 12.0. The minimum Gasteiger partial charge on any atom is -0.316 e. The first-order valence-electron chi connectivity index (χ1n) is 6.83. The first-order chi connectivity index (χ1) is 9.24. The molecule has 1 atom stereocenters. The van der Waals surface area contributed by atoms with Crippen LogP contribution in [0, 0.1) is 12.8 Å². The Hall–Kier alpha value is -1.74. The summed E-state index contributed by atoms with van der Waals surface area (Å²) in [6.07, 6.45) is 1.47. The van der Waals surface area contributed by atoms with Gasteiger partial charge in [-0.05, 0) is 31.0 Å². The van der Waals surface area contributed by atoms with E-state index in [2.05, 4.69) is 22.4 Å². The molecule has 0 bridgehead atoms. The minimum atomic E-state index is 0.110. The summed E-state index contributed by atoms with van der Waals surface area (Å²) in [6, 6.07) is 10.3. The van der Waals surface area contributed by atoms with Crippen molar-refractivity contribution in [1.29, 1.82) is 0 Å². The Kier molecular flexibility index (Phi) is 3.30. The summed E-state index contributed by atoms with van der Waals surface area (Å²) in [4.78, 5) is 16.5. The van der Waals surface area contributed by atoms with Gasteiger partial charge in [0.15, 0.2) is 0 Å². The van der Waals surface area contributed by atoms with Crippen LogP contribution in [0.2, 0.25) is 0 Å². The summed E-state index contributed by atoms with van der Waals surface area (Å²) >= 11 is 0. The van der Waals surface area contributed by atoms with Gasteiger partial charge in [0.05, 0.1) is 5.52 Å². The van der Waals surface area contributed by atoms with Crippen molar-refractivity contribution in [3.8, 4) is 0 Å². The predicted molar refractivity (Wildman–Crippen MR) is 76.2 cm³/mol. The Morgan fingerprint density at radius 2 is 2.21 bits per heavy atom. The molecule has 1 unspecified atom stereocenters. The molecule has 3 rings (SSSR count). The van der Waals surface area contributed by atoms with E-state index < -0.39 is 0 Å². The zero-order valence-electron chi connectivity index (χ0n) is 11.1. The Labute approximate surface area is 113 Å². The number of nitrogens with zero attached hydrogens (tertiary/aromatic N) is 1. The summed E-state index contributed by atoms with van der Waals surface area (Å²) in [5, 5.41) is 4.48. The van der Waals surface area contributed by atoms with Crippen molar-refractivity contribution in [2.75, 3.05) is 13.1 Å². The molecule has 1 saturated heterocycles. The Bertz CT molecular complexity index is 621. The number of carbonyl (C=O) groups excluding carboxylic acids is 1. The minimum absolute atomic E-state index is 0.110. The van der Waals surface area contributed by atoms with Crippen LogP contribution in [0.5, 0.6) is 0 Å². The number of aryl methyl sites for hydroxylation is 1. The number of rotatable bonds is 2. The second-order valence-electron chi connectivity index (χ2n) is 5.26. The van der Waals surface area contributed by atoms with E-state index in [1.807, 2.05) is 25.1 Å². The lowest BCUT2D eigenvalue weighted by Crippen LogP contribution is -2.38. The average Bonchev–Trinajstić information content (AvgIpc) is 2.41. The van der Waals surface area contributed by atoms with Gasteiger partial charge in [-0.15, -0.1) is 0 Å². The van der Waals surface area contributed by atoms with Crippen LogP contribution in [0.4, 0.5) is 0 Å². The van der Waals surface area contributed by atoms with Crippen molar-refractivity contribution in [3.05, 3.63) is 41.6 Å². The molecule has 0 amide bonds. The molecule has 2 aromatic rings. The number of nitrogens with one attached hydrogen (secondary N) is 1. The fourth-order valence-electron chi connectivity index (χ4n) is 2.82. The van der Waals surface area contributed by atoms with E-state index in [1.165, 1.54) is 10.9 Å². The van der Waals surface area contributed by atoms with E-state index in [0.717, 1.165) is 30.7 Å². The van der Waals surface area contributed by atoms with Crippen molar-refractivity contribution in [2.24, 2.45) is 5.92 Å². The van der Waals surface area contributed by atoms with E-state index in [-0.39, 0.29) is 5.92 Å². The van der Waals surface area contributed by atoms with Gasteiger partial charge in [0.25, 0.3) is 0 Å². The van der Waals surface area contributed by atoms with Crippen molar-refractivity contribution in [2.45, 2.75) is 19.8 Å². The fraction of sp³-hybridized carbons (Fsp3) is 0.375. The molecule has 1 aliphatic heterocycles. The zero-order valence-corrected chi connectivity index (χ0v) is 11.1. The van der Waals surface area contributed by atoms with Crippen LogP contribution in [0.15, 0.2) is 30.3 Å². The van der Waals surface area contributed by atoms with Crippen LogP contribution in [0.25, 0.3) is 10.9 Å². The molecule has 1 N–H and O–H groups in total. The molecule has 2 heterocycles. The monoisotopic (exact) mass is 254 g/mol. The first kappa shape index (κ1) is 12.3. The van der Waals surface area contributed by atoms with Gasteiger partial charge in [-0.25, -0.2) is 0 Å². The van der Waals surface area contributed by atoms with Crippen LogP contribution >= 0.6 is 0 Å². The molecule has 0 spiro atoms. The maximum absolute atomic E-state index is 12.0. The van der Waals surface area contributed by atoms with Gasteiger partial charge in [-0.1, -0.05) is 18.2 Å². The van der Waals surface area contributed by atoms with E-state index in [0.29, 0.717) is 12.2 Å². The molecule has 1 aliphatic rings. The van der Waals surface area contributed by atoms with E-state index in [1.54, 1.807) is 0 Å². The third-order valence-electron chi connectivity index (χ3n) is 3.79. The fourth-order valence-corrected chi connectivity index (χ4v) is 2.82. The number of piperidine rings is 1. The van der Waals surface area contributed by atoms with Crippen molar-refractivity contribution in [3.63, 3.8) is 0 Å². The average molecular weight is 254 g/mol. The smallest absolute Gasteiger partial charge is 0.138 e. The van der Waals surface area contributed by atoms with Gasteiger partial charge >= 0.3 is 0 Å². The van der Waals surface area contributed by atoms with Gasteiger partial charge in [0, 0.05) is 36.5 Å². The van der Waals surface area contributed by atoms with Crippen LogP contribution in [-0.4, -0.2) is 23.9 Å². The highest BCUT2D eigenvalue weighted by molar-refractivity contribution is 5.85. The number of Topliss-reactive ketones (excluding diaryl/α,β-unsaturated/α-hetero) is 1. The zero-order chi connectivity index (χ0) is 13.2. The van der Waals surface area contributed by atoms with Gasteiger partial charge in [0.1, 0.15) is 5.78 Å². The van der Waals surface area contributed by atoms with Crippen molar-refractivity contribution in [1.82, 2.24) is 10.3 Å². The number of carbonyl (C=O) groups is 1. The summed E-state index contributed by atoms with van der Waals surface area (Å²) < 4.78 is 0. The van der Waals surface area contributed by atoms with Crippen LogP contribution in [0.1, 0.15) is 17.7 Å². The molecule has 1 fully saturated rings. The first-order valence-corrected chi connectivity index (χ1v) is 6.83. The molecule has 98 valence electrons. The molecule has 3 nitrogen and oxygen atoms in total. The number of ketones is 1. The number of para-hydroxylation sites is 1. The molecular formula is C16H18N2O. The highest BCUT2D eigenvalue weighted by atomic mass is 16.1. The van der Waals surface area contributed by atoms with Crippen LogP contribution in [-0.2, 0) is 11.2 Å². The van der Waals surface area contributed by atoms with E-state index >= 15 is 0 Å². The molecular weight excluding hydrogens is 236 g/mol. The molecule has 1 aromatic carbocycles. The van der Waals surface area contributed by atoms with Crippen LogP contribution < -0.4 is 5.32 Å². The Morgan fingerprint density at radius 1 is 1.37 bits per heavy atom. The lowest BCUT2D eigenvalue weighted by atomic mass is 9.89. The normalized spacial score (nSPS) is 19.8. The van der Waals surface area contributed by atoms with Gasteiger partial charge < -0.3 is 5.32 Å². The molecule has 0 aliphatic carbocycles. The summed E-state index contributed by atoms with van der Waals surface area (Å²) in [5.41, 5.74) is 3.28. The highest BCUT2D eigenvalue weighted by Crippen LogP contribution is 2.22. The Morgan fingerprint density at radius 3 is 3.05 bits per heavy atom. The van der Waals surface area contributed by atoms with Gasteiger partial charge in [-0.3, -0.25) is 9.78 Å². The number of pyridine rings is 1. The third-order valence-corrected chi connectivity index (χ3v) is 3.79. The topological polar surface area (TPSA) is 42.0 Å².